The van der Waals surface area contributed by atoms with Crippen LogP contribution in [0.15, 0.2) is 24.3 Å². The monoisotopic (exact) mass is 439 g/mol. The van der Waals surface area contributed by atoms with Gasteiger partial charge in [0.1, 0.15) is 11.4 Å². The average molecular weight is 440 g/mol. The minimum Gasteiger partial charge on any atom is -0.494 e. The van der Waals surface area contributed by atoms with E-state index in [0.29, 0.717) is 55.8 Å². The number of Topliss-reactive ketones (excluding diaryl/α,β-unsaturated/α-hetero) is 1. The van der Waals surface area contributed by atoms with E-state index in [9.17, 15) is 14.4 Å². The average Bonchev–Trinajstić information content (AvgIpc) is 3.11. The number of hydrogen-bond acceptors (Lipinski definition) is 4. The Morgan fingerprint density at radius 3 is 2.34 bits per heavy atom. The number of nitrogens with zero attached hydrogens (tertiary/aromatic N) is 1. The molecule has 0 unspecified atom stereocenters. The van der Waals surface area contributed by atoms with E-state index in [-0.39, 0.29) is 23.6 Å². The van der Waals surface area contributed by atoms with Gasteiger partial charge in [-0.1, -0.05) is 13.3 Å². The predicted octanol–water partition coefficient (Wildman–Crippen LogP) is 3.91. The number of carbonyl (C=O) groups excluding carboxylic acids is 3. The number of carbonyl (C=O) groups is 3. The van der Waals surface area contributed by atoms with Gasteiger partial charge in [0.05, 0.1) is 6.61 Å². The lowest BCUT2D eigenvalue weighted by molar-refractivity contribution is 0.0697. The van der Waals surface area contributed by atoms with E-state index in [2.05, 4.69) is 10.3 Å². The summed E-state index contributed by atoms with van der Waals surface area (Å²) >= 11 is 0. The Labute approximate surface area is 189 Å². The van der Waals surface area contributed by atoms with Crippen LogP contribution in [0.5, 0.6) is 5.75 Å². The quantitative estimate of drug-likeness (QED) is 0.610. The lowest BCUT2D eigenvalue weighted by atomic mass is 10.00. The smallest absolute Gasteiger partial charge is 0.268 e. The van der Waals surface area contributed by atoms with Crippen molar-refractivity contribution in [3.8, 4) is 5.75 Å². The van der Waals surface area contributed by atoms with Crippen LogP contribution in [0.4, 0.5) is 0 Å². The first-order chi connectivity index (χ1) is 15.3. The highest BCUT2D eigenvalue weighted by Gasteiger charge is 2.27. The molecule has 1 fully saturated rings. The van der Waals surface area contributed by atoms with Gasteiger partial charge in [0, 0.05) is 36.0 Å². The van der Waals surface area contributed by atoms with E-state index in [1.54, 1.807) is 12.1 Å². The van der Waals surface area contributed by atoms with Crippen molar-refractivity contribution in [1.82, 2.24) is 15.2 Å². The molecular formula is C25H33N3O4. The summed E-state index contributed by atoms with van der Waals surface area (Å²) in [6.07, 6.45) is 2.91. The standard InChI is InChI=1S/C25H33N3O4/c1-5-7-21-22(17(4)29)16(3)26-23(21)24(30)27-19-12-14-28(15-13-19)25(31)18-8-10-20(11-9-18)32-6-2/h8-11,19,26H,5-7,12-15H2,1-4H3,(H,27,30). The van der Waals surface area contributed by atoms with Crippen molar-refractivity contribution in [2.75, 3.05) is 19.7 Å². The van der Waals surface area contributed by atoms with Crippen LogP contribution in [-0.4, -0.2) is 53.2 Å². The molecule has 1 aliphatic rings. The van der Waals surface area contributed by atoms with E-state index in [0.717, 1.165) is 23.4 Å². The molecule has 0 bridgehead atoms. The number of amides is 2. The lowest BCUT2D eigenvalue weighted by Crippen LogP contribution is -2.46. The molecular weight excluding hydrogens is 406 g/mol. The van der Waals surface area contributed by atoms with E-state index >= 15 is 0 Å². The fourth-order valence-electron chi connectivity index (χ4n) is 4.37. The number of likely N-dealkylation sites (tertiary alicyclic amines) is 1. The van der Waals surface area contributed by atoms with Gasteiger partial charge in [-0.05, 0) is 69.9 Å². The number of hydrogen-bond donors (Lipinski definition) is 2. The lowest BCUT2D eigenvalue weighted by Gasteiger charge is -2.32. The second-order valence-corrected chi connectivity index (χ2v) is 8.28. The molecule has 2 amide bonds. The van der Waals surface area contributed by atoms with Crippen LogP contribution in [-0.2, 0) is 6.42 Å². The summed E-state index contributed by atoms with van der Waals surface area (Å²) in [6, 6.07) is 7.19. The van der Waals surface area contributed by atoms with Crippen LogP contribution in [0.3, 0.4) is 0 Å². The first-order valence-corrected chi connectivity index (χ1v) is 11.4. The van der Waals surface area contributed by atoms with Gasteiger partial charge in [-0.15, -0.1) is 0 Å². The molecule has 1 aromatic heterocycles. The van der Waals surface area contributed by atoms with Crippen molar-refractivity contribution in [3.63, 3.8) is 0 Å². The molecule has 0 saturated carbocycles. The number of aromatic amines is 1. The fraction of sp³-hybridized carbons (Fsp3) is 0.480. The number of rotatable bonds is 8. The number of benzene rings is 1. The molecule has 2 N–H and O–H groups in total. The summed E-state index contributed by atoms with van der Waals surface area (Å²) in [7, 11) is 0. The molecule has 1 aromatic carbocycles. The van der Waals surface area contributed by atoms with Gasteiger partial charge in [-0.3, -0.25) is 14.4 Å². The molecule has 0 spiro atoms. The Morgan fingerprint density at radius 1 is 1.12 bits per heavy atom. The molecule has 0 radical (unpaired) electrons. The van der Waals surface area contributed by atoms with Gasteiger partial charge in [0.15, 0.2) is 5.78 Å². The largest absolute Gasteiger partial charge is 0.494 e. The third kappa shape index (κ3) is 5.21. The molecule has 7 nitrogen and oxygen atoms in total. The summed E-state index contributed by atoms with van der Waals surface area (Å²) in [4.78, 5) is 42.8. The van der Waals surface area contributed by atoms with E-state index in [1.165, 1.54) is 6.92 Å². The molecule has 2 aromatic rings. The van der Waals surface area contributed by atoms with Crippen molar-refractivity contribution in [3.05, 3.63) is 52.3 Å². The van der Waals surface area contributed by atoms with Gasteiger partial charge in [0.25, 0.3) is 11.8 Å². The fourth-order valence-corrected chi connectivity index (χ4v) is 4.37. The highest BCUT2D eigenvalue weighted by Crippen LogP contribution is 2.22. The normalized spacial score (nSPS) is 14.3. The summed E-state index contributed by atoms with van der Waals surface area (Å²) in [5.74, 6) is 0.539. The van der Waals surface area contributed by atoms with Crippen LogP contribution in [0, 0.1) is 6.92 Å². The SMILES string of the molecule is CCCc1c(C(=O)NC2CCN(C(=O)c3ccc(OCC)cc3)CC2)[nH]c(C)c1C(C)=O. The van der Waals surface area contributed by atoms with Crippen LogP contribution < -0.4 is 10.1 Å². The summed E-state index contributed by atoms with van der Waals surface area (Å²) < 4.78 is 5.43. The number of aryl methyl sites for hydroxylation is 1. The molecule has 2 heterocycles. The number of H-pyrrole nitrogens is 1. The number of aromatic nitrogens is 1. The highest BCUT2D eigenvalue weighted by atomic mass is 16.5. The maximum atomic E-state index is 13.0. The Morgan fingerprint density at radius 2 is 1.78 bits per heavy atom. The van der Waals surface area contributed by atoms with Gasteiger partial charge in [-0.2, -0.15) is 0 Å². The summed E-state index contributed by atoms with van der Waals surface area (Å²) in [5, 5.41) is 3.10. The first-order valence-electron chi connectivity index (χ1n) is 11.4. The molecule has 32 heavy (non-hydrogen) atoms. The van der Waals surface area contributed by atoms with Crippen molar-refractivity contribution in [2.45, 2.75) is 59.4 Å². The number of piperidine rings is 1. The number of ketones is 1. The van der Waals surface area contributed by atoms with E-state index in [4.69, 9.17) is 4.74 Å². The zero-order chi connectivity index (χ0) is 23.3. The molecule has 7 heteroatoms. The third-order valence-corrected chi connectivity index (χ3v) is 5.90. The predicted molar refractivity (Wildman–Crippen MR) is 124 cm³/mol. The molecule has 0 aliphatic carbocycles. The van der Waals surface area contributed by atoms with Crippen LogP contribution in [0.1, 0.15) is 82.5 Å². The van der Waals surface area contributed by atoms with Gasteiger partial charge in [0.2, 0.25) is 0 Å². The number of ether oxygens (including phenoxy) is 1. The summed E-state index contributed by atoms with van der Waals surface area (Å²) in [5.41, 5.74) is 3.30. The maximum absolute atomic E-state index is 13.0. The Kier molecular flexibility index (Phi) is 7.72. The molecule has 172 valence electrons. The van der Waals surface area contributed by atoms with Gasteiger partial charge >= 0.3 is 0 Å². The molecule has 1 aliphatic heterocycles. The summed E-state index contributed by atoms with van der Waals surface area (Å²) in [6.45, 7) is 9.08. The minimum atomic E-state index is -0.180. The Balaban J connectivity index is 1.60. The Hall–Kier alpha value is -3.09. The highest BCUT2D eigenvalue weighted by molar-refractivity contribution is 6.02. The maximum Gasteiger partial charge on any atom is 0.268 e. The zero-order valence-corrected chi connectivity index (χ0v) is 19.4. The van der Waals surface area contributed by atoms with E-state index in [1.807, 2.05) is 37.8 Å². The van der Waals surface area contributed by atoms with Crippen molar-refractivity contribution in [2.24, 2.45) is 0 Å². The molecule has 3 rings (SSSR count). The first kappa shape index (κ1) is 23.6. The molecule has 1 saturated heterocycles. The second-order valence-electron chi connectivity index (χ2n) is 8.28. The second kappa shape index (κ2) is 10.5. The minimum absolute atomic E-state index is 0.00542. The van der Waals surface area contributed by atoms with Gasteiger partial charge < -0.3 is 19.9 Å². The third-order valence-electron chi connectivity index (χ3n) is 5.90. The van der Waals surface area contributed by atoms with Crippen LogP contribution in [0.2, 0.25) is 0 Å². The number of nitrogens with one attached hydrogen (secondary N) is 2. The van der Waals surface area contributed by atoms with Crippen molar-refractivity contribution >= 4 is 17.6 Å². The Bertz CT molecular complexity index is 970. The van der Waals surface area contributed by atoms with E-state index < -0.39 is 0 Å². The molecule has 0 atom stereocenters. The van der Waals surface area contributed by atoms with Crippen LogP contribution >= 0.6 is 0 Å². The van der Waals surface area contributed by atoms with Gasteiger partial charge in [-0.25, -0.2) is 0 Å². The zero-order valence-electron chi connectivity index (χ0n) is 19.4. The van der Waals surface area contributed by atoms with Crippen molar-refractivity contribution in [1.29, 1.82) is 0 Å². The topological polar surface area (TPSA) is 91.5 Å². The van der Waals surface area contributed by atoms with Crippen LogP contribution in [0.25, 0.3) is 0 Å². The van der Waals surface area contributed by atoms with Crippen molar-refractivity contribution < 1.29 is 19.1 Å².